The van der Waals surface area contributed by atoms with Crippen molar-refractivity contribution in [3.05, 3.63) is 64.7 Å². The van der Waals surface area contributed by atoms with Gasteiger partial charge in [-0.2, -0.15) is 5.26 Å². The standard InChI is InChI=1S/C23H26N2O2/c1-15(2)20-7-6-8-21(16(3)4)22(20)25-23(26)18(14-24)13-17-9-11-19(27-5)12-10-17/h6-13,15-16H,1-5H3,(H,25,26)/b18-13+. The van der Waals surface area contributed by atoms with Gasteiger partial charge in [-0.3, -0.25) is 4.79 Å². The SMILES string of the molecule is COc1ccc(/C=C(\C#N)C(=O)Nc2c(C(C)C)cccc2C(C)C)cc1. The molecule has 0 aliphatic heterocycles. The van der Waals surface area contributed by atoms with Crippen molar-refractivity contribution >= 4 is 17.7 Å². The summed E-state index contributed by atoms with van der Waals surface area (Å²) in [5.41, 5.74) is 3.77. The molecule has 1 N–H and O–H groups in total. The van der Waals surface area contributed by atoms with Crippen LogP contribution in [-0.4, -0.2) is 13.0 Å². The molecule has 2 rings (SSSR count). The highest BCUT2D eigenvalue weighted by Gasteiger charge is 2.18. The molecule has 0 aromatic heterocycles. The van der Waals surface area contributed by atoms with Gasteiger partial charge in [-0.15, -0.1) is 0 Å². The predicted molar refractivity (Wildman–Crippen MR) is 110 cm³/mol. The summed E-state index contributed by atoms with van der Waals surface area (Å²) < 4.78 is 5.13. The van der Waals surface area contributed by atoms with E-state index in [0.717, 1.165) is 28.1 Å². The number of rotatable bonds is 6. The van der Waals surface area contributed by atoms with Crippen LogP contribution in [-0.2, 0) is 4.79 Å². The van der Waals surface area contributed by atoms with E-state index >= 15 is 0 Å². The second-order valence-corrected chi connectivity index (χ2v) is 7.02. The van der Waals surface area contributed by atoms with E-state index in [1.54, 1.807) is 25.3 Å². The van der Waals surface area contributed by atoms with E-state index < -0.39 is 5.91 Å². The zero-order chi connectivity index (χ0) is 20.0. The number of carbonyl (C=O) groups excluding carboxylic acids is 1. The van der Waals surface area contributed by atoms with Crippen LogP contribution in [0.2, 0.25) is 0 Å². The van der Waals surface area contributed by atoms with Crippen LogP contribution in [0, 0.1) is 11.3 Å². The molecule has 4 nitrogen and oxygen atoms in total. The lowest BCUT2D eigenvalue weighted by Gasteiger charge is -2.20. The Hall–Kier alpha value is -3.06. The molecule has 0 aliphatic carbocycles. The van der Waals surface area contributed by atoms with E-state index in [1.165, 1.54) is 0 Å². The second kappa shape index (κ2) is 9.05. The van der Waals surface area contributed by atoms with Crippen molar-refractivity contribution in [1.82, 2.24) is 0 Å². The highest BCUT2D eigenvalue weighted by Crippen LogP contribution is 2.32. The van der Waals surface area contributed by atoms with Crippen LogP contribution in [0.1, 0.15) is 56.2 Å². The Balaban J connectivity index is 2.37. The third-order valence-corrected chi connectivity index (χ3v) is 4.40. The van der Waals surface area contributed by atoms with Gasteiger partial charge in [0.25, 0.3) is 5.91 Å². The number of methoxy groups -OCH3 is 1. The minimum atomic E-state index is -0.400. The van der Waals surface area contributed by atoms with Crippen LogP contribution < -0.4 is 10.1 Å². The van der Waals surface area contributed by atoms with E-state index in [-0.39, 0.29) is 17.4 Å². The number of benzene rings is 2. The maximum Gasteiger partial charge on any atom is 0.266 e. The Bertz CT molecular complexity index is 846. The van der Waals surface area contributed by atoms with Crippen molar-refractivity contribution in [3.8, 4) is 11.8 Å². The van der Waals surface area contributed by atoms with E-state index in [4.69, 9.17) is 4.74 Å². The summed E-state index contributed by atoms with van der Waals surface area (Å²) in [4.78, 5) is 12.8. The third kappa shape index (κ3) is 4.98. The average Bonchev–Trinajstić information content (AvgIpc) is 2.66. The molecule has 2 aromatic carbocycles. The van der Waals surface area contributed by atoms with E-state index in [1.807, 2.05) is 36.4 Å². The number of hydrogen-bond donors (Lipinski definition) is 1. The topological polar surface area (TPSA) is 62.1 Å². The highest BCUT2D eigenvalue weighted by molar-refractivity contribution is 6.10. The van der Waals surface area contributed by atoms with Gasteiger partial charge in [-0.1, -0.05) is 58.0 Å². The number of amides is 1. The molecular weight excluding hydrogens is 336 g/mol. The van der Waals surface area contributed by atoms with Crippen LogP contribution in [0.25, 0.3) is 6.08 Å². The minimum Gasteiger partial charge on any atom is -0.497 e. The summed E-state index contributed by atoms with van der Waals surface area (Å²) >= 11 is 0. The van der Waals surface area contributed by atoms with E-state index in [0.29, 0.717) is 0 Å². The van der Waals surface area contributed by atoms with Gasteiger partial charge in [0.1, 0.15) is 17.4 Å². The average molecular weight is 362 g/mol. The van der Waals surface area contributed by atoms with Crippen molar-refractivity contribution in [1.29, 1.82) is 5.26 Å². The Morgan fingerprint density at radius 2 is 1.59 bits per heavy atom. The molecule has 1 amide bonds. The molecule has 0 radical (unpaired) electrons. The van der Waals surface area contributed by atoms with Gasteiger partial charge in [0, 0.05) is 5.69 Å². The molecule has 0 atom stereocenters. The summed E-state index contributed by atoms with van der Waals surface area (Å²) in [6, 6.07) is 15.3. The van der Waals surface area contributed by atoms with Gasteiger partial charge in [-0.25, -0.2) is 0 Å². The maximum atomic E-state index is 12.8. The fourth-order valence-corrected chi connectivity index (χ4v) is 2.89. The molecule has 0 spiro atoms. The van der Waals surface area contributed by atoms with Gasteiger partial charge >= 0.3 is 0 Å². The number of para-hydroxylation sites is 1. The van der Waals surface area contributed by atoms with Crippen LogP contribution in [0.15, 0.2) is 48.0 Å². The Morgan fingerprint density at radius 3 is 2.04 bits per heavy atom. The van der Waals surface area contributed by atoms with Crippen molar-refractivity contribution in [3.63, 3.8) is 0 Å². The summed E-state index contributed by atoms with van der Waals surface area (Å²) in [6.07, 6.45) is 1.59. The fourth-order valence-electron chi connectivity index (χ4n) is 2.89. The van der Waals surface area contributed by atoms with Gasteiger partial charge in [0.15, 0.2) is 0 Å². The lowest BCUT2D eigenvalue weighted by atomic mass is 9.92. The summed E-state index contributed by atoms with van der Waals surface area (Å²) in [5.74, 6) is 0.844. The first-order valence-electron chi connectivity index (χ1n) is 9.07. The molecule has 27 heavy (non-hydrogen) atoms. The zero-order valence-electron chi connectivity index (χ0n) is 16.5. The number of anilines is 1. The van der Waals surface area contributed by atoms with Gasteiger partial charge in [-0.05, 0) is 46.7 Å². The molecule has 0 fully saturated rings. The second-order valence-electron chi connectivity index (χ2n) is 7.02. The zero-order valence-corrected chi connectivity index (χ0v) is 16.5. The lowest BCUT2D eigenvalue weighted by Crippen LogP contribution is -2.17. The predicted octanol–water partition coefficient (Wildman–Crippen LogP) is 5.49. The third-order valence-electron chi connectivity index (χ3n) is 4.40. The number of hydrogen-bond acceptors (Lipinski definition) is 3. The highest BCUT2D eigenvalue weighted by atomic mass is 16.5. The molecule has 140 valence electrons. The minimum absolute atomic E-state index is 0.0634. The van der Waals surface area contributed by atoms with Crippen LogP contribution >= 0.6 is 0 Å². The first kappa shape index (κ1) is 20.3. The number of nitriles is 1. The smallest absolute Gasteiger partial charge is 0.266 e. The molecule has 2 aromatic rings. The van der Waals surface area contributed by atoms with Gasteiger partial charge in [0.2, 0.25) is 0 Å². The van der Waals surface area contributed by atoms with Crippen LogP contribution in [0.5, 0.6) is 5.75 Å². The number of carbonyl (C=O) groups is 1. The van der Waals surface area contributed by atoms with Crippen molar-refractivity contribution in [2.24, 2.45) is 0 Å². The maximum absolute atomic E-state index is 12.8. The summed E-state index contributed by atoms with van der Waals surface area (Å²) in [5, 5.41) is 12.5. The first-order valence-corrected chi connectivity index (χ1v) is 9.07. The monoisotopic (exact) mass is 362 g/mol. The Morgan fingerprint density at radius 1 is 1.04 bits per heavy atom. The Kier molecular flexibility index (Phi) is 6.79. The lowest BCUT2D eigenvalue weighted by molar-refractivity contribution is -0.112. The molecule has 4 heteroatoms. The van der Waals surface area contributed by atoms with Crippen molar-refractivity contribution in [2.45, 2.75) is 39.5 Å². The van der Waals surface area contributed by atoms with Crippen LogP contribution in [0.4, 0.5) is 5.69 Å². The molecule has 0 unspecified atom stereocenters. The first-order chi connectivity index (χ1) is 12.9. The van der Waals surface area contributed by atoms with Crippen LogP contribution in [0.3, 0.4) is 0 Å². The summed E-state index contributed by atoms with van der Waals surface area (Å²) in [7, 11) is 1.59. The molecule has 0 bridgehead atoms. The molecular formula is C23H26N2O2. The molecule has 0 saturated heterocycles. The molecule has 0 saturated carbocycles. The number of nitrogens with one attached hydrogen (secondary N) is 1. The number of ether oxygens (including phenoxy) is 1. The van der Waals surface area contributed by atoms with E-state index in [2.05, 4.69) is 33.0 Å². The fraction of sp³-hybridized carbons (Fsp3) is 0.304. The Labute approximate surface area is 161 Å². The quantitative estimate of drug-likeness (QED) is 0.546. The van der Waals surface area contributed by atoms with Gasteiger partial charge < -0.3 is 10.1 Å². The molecule has 0 aliphatic rings. The van der Waals surface area contributed by atoms with Crippen molar-refractivity contribution in [2.75, 3.05) is 12.4 Å². The largest absolute Gasteiger partial charge is 0.497 e. The normalized spacial score (nSPS) is 11.4. The molecule has 0 heterocycles. The van der Waals surface area contributed by atoms with Gasteiger partial charge in [0.05, 0.1) is 7.11 Å². The summed E-state index contributed by atoms with van der Waals surface area (Å²) in [6.45, 7) is 8.36. The van der Waals surface area contributed by atoms with E-state index in [9.17, 15) is 10.1 Å². The van der Waals surface area contributed by atoms with Crippen molar-refractivity contribution < 1.29 is 9.53 Å². The number of nitrogens with zero attached hydrogens (tertiary/aromatic N) is 1.